The second kappa shape index (κ2) is 6.91. The van der Waals surface area contributed by atoms with Gasteiger partial charge in [0.25, 0.3) is 0 Å². The lowest BCUT2D eigenvalue weighted by Gasteiger charge is -2.29. The maximum absolute atomic E-state index is 14.0. The van der Waals surface area contributed by atoms with Crippen LogP contribution in [0.25, 0.3) is 0 Å². The highest BCUT2D eigenvalue weighted by Gasteiger charge is 2.70. The van der Waals surface area contributed by atoms with Crippen LogP contribution in [-0.2, 0) is 24.7 Å². The number of nitrogens with two attached hydrogens (primary N) is 1. The van der Waals surface area contributed by atoms with E-state index in [1.54, 1.807) is 0 Å². The monoisotopic (exact) mass is 402 g/mol. The Hall–Kier alpha value is -2.81. The van der Waals surface area contributed by atoms with Gasteiger partial charge in [-0.1, -0.05) is 13.3 Å². The van der Waals surface area contributed by atoms with Crippen LogP contribution in [-0.4, -0.2) is 41.1 Å². The van der Waals surface area contributed by atoms with E-state index < -0.39 is 47.0 Å². The predicted molar refractivity (Wildman–Crippen MR) is 101 cm³/mol. The van der Waals surface area contributed by atoms with E-state index in [-0.39, 0.29) is 25.3 Å². The molecule has 9 heteroatoms. The molecule has 0 radical (unpaired) electrons. The summed E-state index contributed by atoms with van der Waals surface area (Å²) in [6.07, 6.45) is 1.66. The van der Waals surface area contributed by atoms with Crippen molar-refractivity contribution in [3.63, 3.8) is 0 Å². The SMILES string of the molecule is CCCCN1C(=O)[C@@H]2[C@H](CCC(N)=O)N[C@]3(C(=O)Nc4ccc(F)cc43)[C@H]2C1=O. The number of amides is 4. The van der Waals surface area contributed by atoms with E-state index in [4.69, 9.17) is 5.73 Å². The van der Waals surface area contributed by atoms with Crippen molar-refractivity contribution in [1.82, 2.24) is 10.2 Å². The summed E-state index contributed by atoms with van der Waals surface area (Å²) < 4.78 is 14.0. The smallest absolute Gasteiger partial charge is 0.250 e. The zero-order valence-corrected chi connectivity index (χ0v) is 16.0. The summed E-state index contributed by atoms with van der Waals surface area (Å²) in [5.41, 5.74) is 4.46. The summed E-state index contributed by atoms with van der Waals surface area (Å²) in [5.74, 6) is -4.16. The molecule has 0 saturated carbocycles. The van der Waals surface area contributed by atoms with Crippen molar-refractivity contribution in [3.8, 4) is 0 Å². The highest BCUT2D eigenvalue weighted by atomic mass is 19.1. The minimum Gasteiger partial charge on any atom is -0.370 e. The van der Waals surface area contributed by atoms with Crippen molar-refractivity contribution < 1.29 is 23.6 Å². The Labute approximate surface area is 167 Å². The van der Waals surface area contributed by atoms with Crippen molar-refractivity contribution >= 4 is 29.3 Å². The number of halogens is 1. The number of primary amides is 1. The number of nitrogens with one attached hydrogen (secondary N) is 2. The van der Waals surface area contributed by atoms with E-state index in [9.17, 15) is 23.6 Å². The van der Waals surface area contributed by atoms with Gasteiger partial charge in [0.05, 0.1) is 11.8 Å². The van der Waals surface area contributed by atoms with E-state index >= 15 is 0 Å². The van der Waals surface area contributed by atoms with Gasteiger partial charge in [-0.25, -0.2) is 4.39 Å². The van der Waals surface area contributed by atoms with Gasteiger partial charge >= 0.3 is 0 Å². The first-order chi connectivity index (χ1) is 13.8. The molecule has 1 aromatic rings. The Morgan fingerprint density at radius 2 is 2.03 bits per heavy atom. The number of nitrogens with zero attached hydrogens (tertiary/aromatic N) is 1. The summed E-state index contributed by atoms with van der Waals surface area (Å²) in [6, 6.07) is 3.29. The van der Waals surface area contributed by atoms with Crippen LogP contribution in [0, 0.1) is 17.7 Å². The number of benzene rings is 1. The van der Waals surface area contributed by atoms with E-state index in [0.29, 0.717) is 17.7 Å². The van der Waals surface area contributed by atoms with Gasteiger partial charge in [-0.15, -0.1) is 0 Å². The maximum atomic E-state index is 14.0. The van der Waals surface area contributed by atoms with Crippen LogP contribution in [0.4, 0.5) is 10.1 Å². The molecule has 154 valence electrons. The molecule has 0 bridgehead atoms. The Morgan fingerprint density at radius 1 is 1.28 bits per heavy atom. The van der Waals surface area contributed by atoms with Crippen molar-refractivity contribution in [2.75, 3.05) is 11.9 Å². The number of unbranched alkanes of at least 4 members (excludes halogenated alkanes) is 1. The van der Waals surface area contributed by atoms with Crippen LogP contribution in [0.2, 0.25) is 0 Å². The molecule has 29 heavy (non-hydrogen) atoms. The molecule has 1 aromatic carbocycles. The van der Waals surface area contributed by atoms with Gasteiger partial charge in [0.15, 0.2) is 0 Å². The first-order valence-electron chi connectivity index (χ1n) is 9.84. The maximum Gasteiger partial charge on any atom is 0.250 e. The molecule has 4 N–H and O–H groups in total. The molecule has 0 aromatic heterocycles. The summed E-state index contributed by atoms with van der Waals surface area (Å²) in [7, 11) is 0. The Bertz CT molecular complexity index is 920. The fourth-order valence-corrected chi connectivity index (χ4v) is 4.92. The van der Waals surface area contributed by atoms with Crippen LogP contribution in [0.3, 0.4) is 0 Å². The topological polar surface area (TPSA) is 122 Å². The van der Waals surface area contributed by atoms with Crippen LogP contribution in [0.15, 0.2) is 18.2 Å². The van der Waals surface area contributed by atoms with Gasteiger partial charge in [-0.3, -0.25) is 29.4 Å². The first kappa shape index (κ1) is 19.5. The summed E-state index contributed by atoms with van der Waals surface area (Å²) in [4.78, 5) is 52.0. The molecule has 3 aliphatic rings. The lowest BCUT2D eigenvalue weighted by Crippen LogP contribution is -2.53. The molecule has 4 amide bonds. The largest absolute Gasteiger partial charge is 0.370 e. The normalized spacial score (nSPS) is 30.1. The fraction of sp³-hybridized carbons (Fsp3) is 0.500. The van der Waals surface area contributed by atoms with Gasteiger partial charge in [-0.2, -0.15) is 0 Å². The van der Waals surface area contributed by atoms with Gasteiger partial charge < -0.3 is 11.1 Å². The van der Waals surface area contributed by atoms with Gasteiger partial charge in [0, 0.05) is 30.3 Å². The highest BCUT2D eigenvalue weighted by Crippen LogP contribution is 2.53. The molecule has 2 saturated heterocycles. The minimum atomic E-state index is -1.54. The Balaban J connectivity index is 1.81. The third-order valence-electron chi connectivity index (χ3n) is 6.21. The third-order valence-corrected chi connectivity index (χ3v) is 6.21. The van der Waals surface area contributed by atoms with Gasteiger partial charge in [0.1, 0.15) is 11.4 Å². The molecule has 2 fully saturated rings. The predicted octanol–water partition coefficient (Wildman–Crippen LogP) is 0.612. The molecule has 0 unspecified atom stereocenters. The molecule has 8 nitrogen and oxygen atoms in total. The fourth-order valence-electron chi connectivity index (χ4n) is 4.92. The summed E-state index contributed by atoms with van der Waals surface area (Å²) in [5, 5.41) is 5.85. The molecule has 4 rings (SSSR count). The van der Waals surface area contributed by atoms with Crippen LogP contribution in [0.5, 0.6) is 0 Å². The third kappa shape index (κ3) is 2.75. The van der Waals surface area contributed by atoms with Crippen molar-refractivity contribution in [2.24, 2.45) is 17.6 Å². The number of hydrogen-bond acceptors (Lipinski definition) is 5. The lowest BCUT2D eigenvalue weighted by molar-refractivity contribution is -0.143. The average Bonchev–Trinajstić information content (AvgIpc) is 3.24. The number of fused-ring (bicyclic) bond motifs is 4. The van der Waals surface area contributed by atoms with Gasteiger partial charge in [0.2, 0.25) is 23.6 Å². The average molecular weight is 402 g/mol. The summed E-state index contributed by atoms with van der Waals surface area (Å²) in [6.45, 7) is 2.23. The first-order valence-corrected chi connectivity index (χ1v) is 9.84. The lowest BCUT2D eigenvalue weighted by atomic mass is 9.76. The standard InChI is InChI=1S/C20H23FN4O4/c1-2-3-8-25-17(27)15-13(6-7-14(22)26)24-20(16(15)18(25)28)11-9-10(21)4-5-12(11)23-19(20)29/h4-5,9,13,15-16,24H,2-3,6-8H2,1H3,(H2,22,26)(H,23,29)/t13-,15+,16+,20-/m0/s1. The number of hydrogen-bond donors (Lipinski definition) is 3. The minimum absolute atomic E-state index is 0.00498. The second-order valence-corrected chi connectivity index (χ2v) is 7.89. The number of anilines is 1. The molecule has 3 aliphatic heterocycles. The molecule has 0 aliphatic carbocycles. The Morgan fingerprint density at radius 3 is 2.72 bits per heavy atom. The summed E-state index contributed by atoms with van der Waals surface area (Å²) >= 11 is 0. The molecule has 4 atom stereocenters. The highest BCUT2D eigenvalue weighted by molar-refractivity contribution is 6.15. The molecular formula is C20H23FN4O4. The number of likely N-dealkylation sites (tertiary alicyclic amines) is 1. The molecular weight excluding hydrogens is 379 g/mol. The van der Waals surface area contributed by atoms with Crippen LogP contribution >= 0.6 is 0 Å². The van der Waals surface area contributed by atoms with Crippen LogP contribution < -0.4 is 16.4 Å². The second-order valence-electron chi connectivity index (χ2n) is 7.89. The van der Waals surface area contributed by atoms with Crippen LogP contribution in [0.1, 0.15) is 38.2 Å². The van der Waals surface area contributed by atoms with Crippen molar-refractivity contribution in [3.05, 3.63) is 29.6 Å². The van der Waals surface area contributed by atoms with E-state index in [0.717, 1.165) is 6.42 Å². The van der Waals surface area contributed by atoms with E-state index in [2.05, 4.69) is 10.6 Å². The molecule has 1 spiro atoms. The zero-order valence-electron chi connectivity index (χ0n) is 16.0. The number of rotatable bonds is 6. The number of carbonyl (C=O) groups excluding carboxylic acids is 4. The van der Waals surface area contributed by atoms with E-state index in [1.807, 2.05) is 6.92 Å². The molecule has 3 heterocycles. The van der Waals surface area contributed by atoms with E-state index in [1.165, 1.54) is 23.1 Å². The zero-order chi connectivity index (χ0) is 20.9. The Kier molecular flexibility index (Phi) is 4.65. The van der Waals surface area contributed by atoms with Gasteiger partial charge in [-0.05, 0) is 31.0 Å². The van der Waals surface area contributed by atoms with Crippen molar-refractivity contribution in [1.29, 1.82) is 0 Å². The quantitative estimate of drug-likeness (QED) is 0.602. The van der Waals surface area contributed by atoms with Crippen molar-refractivity contribution in [2.45, 2.75) is 44.2 Å². The number of carbonyl (C=O) groups is 4. The number of imide groups is 1.